The van der Waals surface area contributed by atoms with Crippen molar-refractivity contribution in [2.75, 3.05) is 5.32 Å². The van der Waals surface area contributed by atoms with Crippen LogP contribution in [0.25, 0.3) is 0 Å². The standard InChI is InChI=1S/C17H18N2/c1-13(2)16-6-8-17(9-7-16)19-12-15-5-3-4-14(10-15)11-18/h3-10,13,19H,12H2,1-2H3. The molecule has 0 aliphatic heterocycles. The molecule has 0 unspecified atom stereocenters. The van der Waals surface area contributed by atoms with Crippen molar-refractivity contribution in [1.82, 2.24) is 0 Å². The van der Waals surface area contributed by atoms with Crippen LogP contribution in [0.2, 0.25) is 0 Å². The third-order valence-electron chi connectivity index (χ3n) is 3.13. The summed E-state index contributed by atoms with van der Waals surface area (Å²) in [5.74, 6) is 0.557. The number of nitrogens with one attached hydrogen (secondary N) is 1. The Bertz CT molecular complexity index is 577. The van der Waals surface area contributed by atoms with Gasteiger partial charge in [-0.15, -0.1) is 0 Å². The molecule has 2 rings (SSSR count). The summed E-state index contributed by atoms with van der Waals surface area (Å²) < 4.78 is 0. The third kappa shape index (κ3) is 3.59. The Hall–Kier alpha value is -2.27. The van der Waals surface area contributed by atoms with E-state index in [0.717, 1.165) is 17.8 Å². The van der Waals surface area contributed by atoms with E-state index in [4.69, 9.17) is 5.26 Å². The summed E-state index contributed by atoms with van der Waals surface area (Å²) in [6.45, 7) is 5.11. The molecule has 0 heterocycles. The number of nitriles is 1. The molecular weight excluding hydrogens is 232 g/mol. The number of anilines is 1. The highest BCUT2D eigenvalue weighted by Gasteiger charge is 1.99. The fourth-order valence-electron chi connectivity index (χ4n) is 1.94. The predicted octanol–water partition coefficient (Wildman–Crippen LogP) is 4.29. The van der Waals surface area contributed by atoms with Gasteiger partial charge in [-0.1, -0.05) is 38.1 Å². The fraction of sp³-hybridized carbons (Fsp3) is 0.235. The molecule has 2 nitrogen and oxygen atoms in total. The Morgan fingerprint density at radius 2 is 1.84 bits per heavy atom. The van der Waals surface area contributed by atoms with Crippen LogP contribution < -0.4 is 5.32 Å². The van der Waals surface area contributed by atoms with E-state index in [-0.39, 0.29) is 0 Å². The summed E-state index contributed by atoms with van der Waals surface area (Å²) in [5, 5.41) is 12.2. The SMILES string of the molecule is CC(C)c1ccc(NCc2cccc(C#N)c2)cc1. The van der Waals surface area contributed by atoms with Crippen LogP contribution in [-0.4, -0.2) is 0 Å². The fourth-order valence-corrected chi connectivity index (χ4v) is 1.94. The first-order valence-corrected chi connectivity index (χ1v) is 6.52. The summed E-state index contributed by atoms with van der Waals surface area (Å²) in [4.78, 5) is 0. The van der Waals surface area contributed by atoms with Gasteiger partial charge in [0.25, 0.3) is 0 Å². The molecular formula is C17H18N2. The van der Waals surface area contributed by atoms with Gasteiger partial charge in [-0.3, -0.25) is 0 Å². The second kappa shape index (κ2) is 6.06. The van der Waals surface area contributed by atoms with Crippen LogP contribution in [0.5, 0.6) is 0 Å². The van der Waals surface area contributed by atoms with E-state index < -0.39 is 0 Å². The van der Waals surface area contributed by atoms with Crippen LogP contribution in [0.1, 0.15) is 36.5 Å². The van der Waals surface area contributed by atoms with Gasteiger partial charge in [-0.25, -0.2) is 0 Å². The second-order valence-electron chi connectivity index (χ2n) is 4.94. The van der Waals surface area contributed by atoms with Crippen LogP contribution >= 0.6 is 0 Å². The molecule has 2 heteroatoms. The Morgan fingerprint density at radius 3 is 2.47 bits per heavy atom. The van der Waals surface area contributed by atoms with Crippen LogP contribution in [0.4, 0.5) is 5.69 Å². The highest BCUT2D eigenvalue weighted by molar-refractivity contribution is 5.46. The summed E-state index contributed by atoms with van der Waals surface area (Å²) in [6.07, 6.45) is 0. The summed E-state index contributed by atoms with van der Waals surface area (Å²) in [6, 6.07) is 18.3. The van der Waals surface area contributed by atoms with Crippen molar-refractivity contribution in [2.45, 2.75) is 26.3 Å². The zero-order valence-corrected chi connectivity index (χ0v) is 11.4. The minimum Gasteiger partial charge on any atom is -0.381 e. The molecule has 2 aromatic rings. The van der Waals surface area contributed by atoms with E-state index in [2.05, 4.69) is 49.5 Å². The molecule has 0 aliphatic carbocycles. The molecule has 19 heavy (non-hydrogen) atoms. The first kappa shape index (κ1) is 13.2. The van der Waals surface area contributed by atoms with E-state index in [9.17, 15) is 0 Å². The highest BCUT2D eigenvalue weighted by Crippen LogP contribution is 2.17. The van der Waals surface area contributed by atoms with Crippen molar-refractivity contribution >= 4 is 5.69 Å². The van der Waals surface area contributed by atoms with E-state index in [0.29, 0.717) is 11.5 Å². The van der Waals surface area contributed by atoms with Gasteiger partial charge in [-0.05, 0) is 41.3 Å². The van der Waals surface area contributed by atoms with E-state index in [1.54, 1.807) is 0 Å². The second-order valence-corrected chi connectivity index (χ2v) is 4.94. The molecule has 0 atom stereocenters. The largest absolute Gasteiger partial charge is 0.381 e. The van der Waals surface area contributed by atoms with Gasteiger partial charge in [0.05, 0.1) is 11.6 Å². The normalized spacial score (nSPS) is 10.2. The van der Waals surface area contributed by atoms with Gasteiger partial charge in [0.1, 0.15) is 0 Å². The number of rotatable bonds is 4. The molecule has 1 N–H and O–H groups in total. The zero-order chi connectivity index (χ0) is 13.7. The molecule has 0 amide bonds. The number of benzene rings is 2. The average molecular weight is 250 g/mol. The topological polar surface area (TPSA) is 35.8 Å². The van der Waals surface area contributed by atoms with Gasteiger partial charge < -0.3 is 5.32 Å². The molecule has 96 valence electrons. The highest BCUT2D eigenvalue weighted by atomic mass is 14.9. The predicted molar refractivity (Wildman–Crippen MR) is 79.0 cm³/mol. The maximum absolute atomic E-state index is 8.86. The molecule has 0 radical (unpaired) electrons. The van der Waals surface area contributed by atoms with Crippen molar-refractivity contribution in [1.29, 1.82) is 5.26 Å². The summed E-state index contributed by atoms with van der Waals surface area (Å²) >= 11 is 0. The van der Waals surface area contributed by atoms with Gasteiger partial charge in [-0.2, -0.15) is 5.26 Å². The Kier molecular flexibility index (Phi) is 4.20. The lowest BCUT2D eigenvalue weighted by Crippen LogP contribution is -1.99. The van der Waals surface area contributed by atoms with Crippen LogP contribution in [0, 0.1) is 11.3 Å². The molecule has 0 spiro atoms. The number of hydrogen-bond acceptors (Lipinski definition) is 2. The Morgan fingerprint density at radius 1 is 1.11 bits per heavy atom. The van der Waals surface area contributed by atoms with Crippen LogP contribution in [0.3, 0.4) is 0 Å². The van der Waals surface area contributed by atoms with Crippen molar-refractivity contribution in [3.8, 4) is 6.07 Å². The first-order chi connectivity index (χ1) is 9.19. The van der Waals surface area contributed by atoms with E-state index >= 15 is 0 Å². The molecule has 0 saturated heterocycles. The van der Waals surface area contributed by atoms with Gasteiger partial charge >= 0.3 is 0 Å². The molecule has 2 aromatic carbocycles. The molecule has 0 fully saturated rings. The van der Waals surface area contributed by atoms with Crippen molar-refractivity contribution in [3.05, 3.63) is 65.2 Å². The quantitative estimate of drug-likeness (QED) is 0.878. The van der Waals surface area contributed by atoms with E-state index in [1.807, 2.05) is 24.3 Å². The number of nitrogens with zero attached hydrogens (tertiary/aromatic N) is 1. The monoisotopic (exact) mass is 250 g/mol. The molecule has 0 saturated carbocycles. The lowest BCUT2D eigenvalue weighted by Gasteiger charge is -2.09. The Balaban J connectivity index is 2.00. The van der Waals surface area contributed by atoms with Gasteiger partial charge in [0.2, 0.25) is 0 Å². The summed E-state index contributed by atoms with van der Waals surface area (Å²) in [7, 11) is 0. The average Bonchev–Trinajstić information content (AvgIpc) is 2.46. The molecule has 0 bridgehead atoms. The molecule has 0 aliphatic rings. The van der Waals surface area contributed by atoms with Gasteiger partial charge in [0, 0.05) is 12.2 Å². The lowest BCUT2D eigenvalue weighted by atomic mass is 10.0. The van der Waals surface area contributed by atoms with Crippen molar-refractivity contribution in [2.24, 2.45) is 0 Å². The third-order valence-corrected chi connectivity index (χ3v) is 3.13. The lowest BCUT2D eigenvalue weighted by molar-refractivity contribution is 0.867. The molecule has 0 aromatic heterocycles. The van der Waals surface area contributed by atoms with Crippen LogP contribution in [0.15, 0.2) is 48.5 Å². The van der Waals surface area contributed by atoms with E-state index in [1.165, 1.54) is 5.56 Å². The first-order valence-electron chi connectivity index (χ1n) is 6.52. The Labute approximate surface area is 114 Å². The van der Waals surface area contributed by atoms with Crippen molar-refractivity contribution in [3.63, 3.8) is 0 Å². The summed E-state index contributed by atoms with van der Waals surface area (Å²) in [5.41, 5.74) is 4.27. The maximum atomic E-state index is 8.86. The minimum atomic E-state index is 0.557. The maximum Gasteiger partial charge on any atom is 0.0991 e. The zero-order valence-electron chi connectivity index (χ0n) is 11.4. The minimum absolute atomic E-state index is 0.557. The van der Waals surface area contributed by atoms with Crippen LogP contribution in [-0.2, 0) is 6.54 Å². The van der Waals surface area contributed by atoms with Crippen molar-refractivity contribution < 1.29 is 0 Å². The van der Waals surface area contributed by atoms with Gasteiger partial charge in [0.15, 0.2) is 0 Å². The smallest absolute Gasteiger partial charge is 0.0991 e. The number of hydrogen-bond donors (Lipinski definition) is 1.